The highest BCUT2D eigenvalue weighted by Crippen LogP contribution is 2.26. The van der Waals surface area contributed by atoms with E-state index in [4.69, 9.17) is 14.7 Å². The Morgan fingerprint density at radius 1 is 0.966 bits per heavy atom. The second-order valence-electron chi connectivity index (χ2n) is 6.71. The topological polar surface area (TPSA) is 71.5 Å². The molecule has 29 heavy (non-hydrogen) atoms. The van der Waals surface area contributed by atoms with E-state index < -0.39 is 0 Å². The molecule has 1 aromatic carbocycles. The first-order valence-electron chi connectivity index (χ1n) is 9.76. The third-order valence-electron chi connectivity index (χ3n) is 4.85. The summed E-state index contributed by atoms with van der Waals surface area (Å²) in [6, 6.07) is 15.8. The van der Waals surface area contributed by atoms with Crippen LogP contribution in [-0.2, 0) is 4.74 Å². The van der Waals surface area contributed by atoms with Crippen molar-refractivity contribution in [3.05, 3.63) is 60.9 Å². The van der Waals surface area contributed by atoms with Crippen molar-refractivity contribution in [1.29, 1.82) is 0 Å². The summed E-state index contributed by atoms with van der Waals surface area (Å²) in [6.45, 7) is 4.81. The van der Waals surface area contributed by atoms with E-state index in [1.807, 2.05) is 55.5 Å². The molecule has 0 N–H and O–H groups in total. The number of aromatic nitrogens is 3. The molecule has 0 saturated carbocycles. The summed E-state index contributed by atoms with van der Waals surface area (Å²) in [6.07, 6.45) is 3.27. The Bertz CT molecular complexity index is 900. The van der Waals surface area contributed by atoms with Crippen molar-refractivity contribution < 1.29 is 9.53 Å². The van der Waals surface area contributed by atoms with Gasteiger partial charge in [0.2, 0.25) is 0 Å². The maximum Gasteiger partial charge on any atom is 0.409 e. The molecule has 7 nitrogen and oxygen atoms in total. The molecule has 0 spiro atoms. The average Bonchev–Trinajstić information content (AvgIpc) is 2.80. The zero-order chi connectivity index (χ0) is 20.1. The monoisotopic (exact) mass is 389 g/mol. The fraction of sp³-hybridized carbons (Fsp3) is 0.273. The van der Waals surface area contributed by atoms with E-state index in [-0.39, 0.29) is 6.09 Å². The maximum absolute atomic E-state index is 12.0. The Hall–Kier alpha value is -3.48. The summed E-state index contributed by atoms with van der Waals surface area (Å²) in [4.78, 5) is 29.6. The Labute approximate surface area is 170 Å². The van der Waals surface area contributed by atoms with Gasteiger partial charge < -0.3 is 14.5 Å². The van der Waals surface area contributed by atoms with E-state index in [9.17, 15) is 4.79 Å². The first-order chi connectivity index (χ1) is 14.2. The molecule has 2 aromatic heterocycles. The summed E-state index contributed by atoms with van der Waals surface area (Å²) in [5.41, 5.74) is 2.81. The van der Waals surface area contributed by atoms with E-state index in [1.54, 1.807) is 17.3 Å². The number of hydrogen-bond acceptors (Lipinski definition) is 6. The van der Waals surface area contributed by atoms with Gasteiger partial charge in [-0.15, -0.1) is 0 Å². The van der Waals surface area contributed by atoms with Gasteiger partial charge in [0.1, 0.15) is 5.82 Å². The number of hydrogen-bond donors (Lipinski definition) is 0. The molecule has 0 bridgehead atoms. The molecule has 1 aliphatic heterocycles. The van der Waals surface area contributed by atoms with Crippen LogP contribution in [0.5, 0.6) is 0 Å². The molecular formula is C22H23N5O2. The highest BCUT2D eigenvalue weighted by Gasteiger charge is 2.23. The van der Waals surface area contributed by atoms with Crippen molar-refractivity contribution in [2.45, 2.75) is 6.92 Å². The standard InChI is InChI=1S/C22H23N5O2/c1-2-29-22(28)27-14-12-26(13-15-27)20-16-19(17-8-10-23-11-9-17)24-21(25-20)18-6-4-3-5-7-18/h3-11,16H,2,12-15H2,1H3. The number of amides is 1. The van der Waals surface area contributed by atoms with Crippen LogP contribution in [0.3, 0.4) is 0 Å². The van der Waals surface area contributed by atoms with Crippen LogP contribution < -0.4 is 4.90 Å². The number of carbonyl (C=O) groups is 1. The molecule has 1 fully saturated rings. The number of anilines is 1. The van der Waals surface area contributed by atoms with Gasteiger partial charge in [-0.25, -0.2) is 14.8 Å². The second-order valence-corrected chi connectivity index (χ2v) is 6.71. The minimum atomic E-state index is -0.253. The predicted octanol–water partition coefficient (Wildman–Crippen LogP) is 3.48. The van der Waals surface area contributed by atoms with Crippen LogP contribution in [0.4, 0.5) is 10.6 Å². The van der Waals surface area contributed by atoms with Gasteiger partial charge in [-0.2, -0.15) is 0 Å². The van der Waals surface area contributed by atoms with Crippen LogP contribution in [0.15, 0.2) is 60.9 Å². The number of pyridine rings is 1. The smallest absolute Gasteiger partial charge is 0.409 e. The summed E-state index contributed by atoms with van der Waals surface area (Å²) in [5, 5.41) is 0. The minimum Gasteiger partial charge on any atom is -0.450 e. The summed E-state index contributed by atoms with van der Waals surface area (Å²) in [5.74, 6) is 1.54. The lowest BCUT2D eigenvalue weighted by Crippen LogP contribution is -2.49. The highest BCUT2D eigenvalue weighted by molar-refractivity contribution is 5.69. The molecule has 3 aromatic rings. The molecule has 0 atom stereocenters. The zero-order valence-corrected chi connectivity index (χ0v) is 16.4. The van der Waals surface area contributed by atoms with E-state index in [2.05, 4.69) is 9.88 Å². The lowest BCUT2D eigenvalue weighted by molar-refractivity contribution is 0.105. The Morgan fingerprint density at radius 2 is 1.69 bits per heavy atom. The van der Waals surface area contributed by atoms with Crippen molar-refractivity contribution >= 4 is 11.9 Å². The molecule has 7 heteroatoms. The SMILES string of the molecule is CCOC(=O)N1CCN(c2cc(-c3ccncc3)nc(-c3ccccc3)n2)CC1. The van der Waals surface area contributed by atoms with Crippen molar-refractivity contribution in [2.75, 3.05) is 37.7 Å². The fourth-order valence-corrected chi connectivity index (χ4v) is 3.32. The van der Waals surface area contributed by atoms with E-state index >= 15 is 0 Å². The molecule has 148 valence electrons. The second kappa shape index (κ2) is 8.68. The number of rotatable bonds is 4. The first kappa shape index (κ1) is 18.9. The summed E-state index contributed by atoms with van der Waals surface area (Å²) >= 11 is 0. The molecule has 1 saturated heterocycles. The van der Waals surface area contributed by atoms with Crippen molar-refractivity contribution in [3.8, 4) is 22.6 Å². The van der Waals surface area contributed by atoms with Crippen molar-refractivity contribution in [2.24, 2.45) is 0 Å². The van der Waals surface area contributed by atoms with Crippen LogP contribution >= 0.6 is 0 Å². The number of nitrogens with zero attached hydrogens (tertiary/aromatic N) is 5. The van der Waals surface area contributed by atoms with Crippen LogP contribution in [0.2, 0.25) is 0 Å². The normalized spacial score (nSPS) is 14.0. The van der Waals surface area contributed by atoms with Gasteiger partial charge in [0.15, 0.2) is 5.82 Å². The van der Waals surface area contributed by atoms with Gasteiger partial charge >= 0.3 is 6.09 Å². The third kappa shape index (κ3) is 4.34. The van der Waals surface area contributed by atoms with Gasteiger partial charge in [0, 0.05) is 55.8 Å². The fourth-order valence-electron chi connectivity index (χ4n) is 3.32. The predicted molar refractivity (Wildman–Crippen MR) is 112 cm³/mol. The molecule has 4 rings (SSSR count). The Balaban J connectivity index is 1.64. The van der Waals surface area contributed by atoms with Gasteiger partial charge in [0.05, 0.1) is 12.3 Å². The Kier molecular flexibility index (Phi) is 5.65. The Morgan fingerprint density at radius 3 is 2.38 bits per heavy atom. The maximum atomic E-state index is 12.0. The molecule has 0 radical (unpaired) electrons. The lowest BCUT2D eigenvalue weighted by atomic mass is 10.1. The van der Waals surface area contributed by atoms with E-state index in [1.165, 1.54) is 0 Å². The van der Waals surface area contributed by atoms with Crippen LogP contribution in [0, 0.1) is 0 Å². The summed E-state index contributed by atoms with van der Waals surface area (Å²) < 4.78 is 5.11. The largest absolute Gasteiger partial charge is 0.450 e. The van der Waals surface area contributed by atoms with Gasteiger partial charge in [-0.1, -0.05) is 30.3 Å². The average molecular weight is 389 g/mol. The van der Waals surface area contributed by atoms with Crippen LogP contribution in [0.25, 0.3) is 22.6 Å². The first-order valence-corrected chi connectivity index (χ1v) is 9.76. The molecule has 1 aliphatic rings. The zero-order valence-electron chi connectivity index (χ0n) is 16.4. The highest BCUT2D eigenvalue weighted by atomic mass is 16.6. The van der Waals surface area contributed by atoms with Crippen LogP contribution in [-0.4, -0.2) is 58.7 Å². The number of ether oxygens (including phenoxy) is 1. The van der Waals surface area contributed by atoms with Gasteiger partial charge in [-0.05, 0) is 19.1 Å². The molecule has 1 amide bonds. The molecule has 0 aliphatic carbocycles. The quantitative estimate of drug-likeness (QED) is 0.680. The third-order valence-corrected chi connectivity index (χ3v) is 4.85. The minimum absolute atomic E-state index is 0.253. The number of piperazine rings is 1. The molecular weight excluding hydrogens is 366 g/mol. The van der Waals surface area contributed by atoms with E-state index in [0.29, 0.717) is 38.6 Å². The van der Waals surface area contributed by atoms with Crippen LogP contribution in [0.1, 0.15) is 6.92 Å². The number of benzene rings is 1. The van der Waals surface area contributed by atoms with E-state index in [0.717, 1.165) is 22.6 Å². The van der Waals surface area contributed by atoms with Gasteiger partial charge in [0.25, 0.3) is 0 Å². The molecule has 3 heterocycles. The van der Waals surface area contributed by atoms with Crippen molar-refractivity contribution in [3.63, 3.8) is 0 Å². The van der Waals surface area contributed by atoms with Crippen molar-refractivity contribution in [1.82, 2.24) is 19.9 Å². The summed E-state index contributed by atoms with van der Waals surface area (Å²) in [7, 11) is 0. The van der Waals surface area contributed by atoms with Gasteiger partial charge in [-0.3, -0.25) is 4.98 Å². The lowest BCUT2D eigenvalue weighted by Gasteiger charge is -2.35. The number of carbonyl (C=O) groups excluding carboxylic acids is 1. The molecule has 0 unspecified atom stereocenters.